The molecule has 0 bridgehead atoms. The lowest BCUT2D eigenvalue weighted by molar-refractivity contribution is 0.104. The number of fused-ring (bicyclic) bond motifs is 1. The van der Waals surface area contributed by atoms with Crippen molar-refractivity contribution in [3.63, 3.8) is 0 Å². The number of aryl methyl sites for hydroxylation is 2. The van der Waals surface area contributed by atoms with Crippen molar-refractivity contribution in [1.82, 2.24) is 10.6 Å². The number of rotatable bonds is 11. The van der Waals surface area contributed by atoms with Crippen LogP contribution in [0.3, 0.4) is 0 Å². The molecule has 1 saturated carbocycles. The molecular formula is C31H53FN4O3. The van der Waals surface area contributed by atoms with Gasteiger partial charge >= 0.3 is 6.03 Å². The van der Waals surface area contributed by atoms with E-state index in [0.29, 0.717) is 11.7 Å². The van der Waals surface area contributed by atoms with Crippen molar-refractivity contribution in [2.75, 3.05) is 19.5 Å². The zero-order valence-electron chi connectivity index (χ0n) is 25.4. The van der Waals surface area contributed by atoms with Crippen LogP contribution in [-0.2, 0) is 25.7 Å². The number of urea groups is 1. The van der Waals surface area contributed by atoms with Gasteiger partial charge in [-0.15, -0.1) is 0 Å². The van der Waals surface area contributed by atoms with E-state index < -0.39 is 6.03 Å². The Bertz CT molecular complexity index is 938. The molecule has 1 aromatic rings. The normalized spacial score (nSPS) is 14.7. The van der Waals surface area contributed by atoms with Gasteiger partial charge in [-0.05, 0) is 92.5 Å². The number of hydrogen-bond acceptors (Lipinski definition) is 5. The summed E-state index contributed by atoms with van der Waals surface area (Å²) in [5.41, 5.74) is 9.74. The quantitative estimate of drug-likeness (QED) is 0.132. The minimum Gasteiger partial charge on any atom is -0.400 e. The summed E-state index contributed by atoms with van der Waals surface area (Å²) in [5.74, 6) is 0.999. The minimum atomic E-state index is -0.697. The molecule has 0 heterocycles. The molecule has 0 aliphatic heterocycles. The van der Waals surface area contributed by atoms with Crippen LogP contribution in [-0.4, -0.2) is 47.9 Å². The number of carbonyl (C=O) groups excluding carboxylic acids is 1. The summed E-state index contributed by atoms with van der Waals surface area (Å²) in [5, 5.41) is 18.8. The van der Waals surface area contributed by atoms with Crippen LogP contribution in [0.2, 0.25) is 0 Å². The number of nitrogens with zero attached hydrogens (tertiary/aromatic N) is 2. The fraction of sp³-hybridized carbons (Fsp3) is 0.677. The summed E-state index contributed by atoms with van der Waals surface area (Å²) in [4.78, 5) is 16.2. The van der Waals surface area contributed by atoms with Gasteiger partial charge in [0.1, 0.15) is 0 Å². The summed E-state index contributed by atoms with van der Waals surface area (Å²) >= 11 is 0. The van der Waals surface area contributed by atoms with Crippen molar-refractivity contribution in [3.8, 4) is 0 Å². The first-order valence-electron chi connectivity index (χ1n) is 14.7. The van der Waals surface area contributed by atoms with E-state index in [1.54, 1.807) is 6.21 Å². The third-order valence-electron chi connectivity index (χ3n) is 7.77. The number of aliphatic hydroxyl groups excluding tert-OH is 1. The maximum absolute atomic E-state index is 13.0. The molecule has 3 rings (SSSR count). The molecule has 8 heteroatoms. The lowest BCUT2D eigenvalue weighted by Crippen LogP contribution is -2.25. The smallest absolute Gasteiger partial charge is 0.349 e. The van der Waals surface area contributed by atoms with Crippen LogP contribution in [0.4, 0.5) is 15.0 Å². The largest absolute Gasteiger partial charge is 0.400 e. The summed E-state index contributed by atoms with van der Waals surface area (Å²) in [6, 6.07) is 1.96. The predicted molar refractivity (Wildman–Crippen MR) is 160 cm³/mol. The monoisotopic (exact) mass is 548 g/mol. The number of benzene rings is 1. The highest BCUT2D eigenvalue weighted by atomic mass is 19.2. The third kappa shape index (κ3) is 10.9. The van der Waals surface area contributed by atoms with Gasteiger partial charge in [0, 0.05) is 32.1 Å². The van der Waals surface area contributed by atoms with Crippen molar-refractivity contribution < 1.29 is 19.6 Å². The predicted octanol–water partition coefficient (Wildman–Crippen LogP) is 7.34. The van der Waals surface area contributed by atoms with Crippen LogP contribution in [0.25, 0.3) is 0 Å². The molecule has 0 radical (unpaired) electrons. The lowest BCUT2D eigenvalue weighted by atomic mass is 9.81. The van der Waals surface area contributed by atoms with E-state index in [1.807, 2.05) is 13.8 Å². The van der Waals surface area contributed by atoms with E-state index in [-0.39, 0.29) is 5.12 Å². The molecule has 39 heavy (non-hydrogen) atoms. The number of anilines is 1. The number of allylic oxidation sites excluding steroid dienone is 2. The molecule has 0 aromatic heterocycles. The fourth-order valence-electron chi connectivity index (χ4n) is 5.16. The SMILES string of the molecule is CCC(CCCC1CCC1)N=CC(NO)=C(C)C.CCc1cc2c(c(NC(=O)N(C)F)c1CC)CCC2.CO. The van der Waals surface area contributed by atoms with Gasteiger partial charge in [-0.3, -0.25) is 15.7 Å². The number of hydrogen-bond donors (Lipinski definition) is 4. The van der Waals surface area contributed by atoms with Gasteiger partial charge < -0.3 is 10.4 Å². The average molecular weight is 549 g/mol. The van der Waals surface area contributed by atoms with Gasteiger partial charge in [0.25, 0.3) is 0 Å². The Balaban J connectivity index is 0.000000367. The second kappa shape index (κ2) is 18.8. The van der Waals surface area contributed by atoms with E-state index in [2.05, 4.69) is 42.6 Å². The molecule has 2 aliphatic carbocycles. The molecule has 2 amide bonds. The summed E-state index contributed by atoms with van der Waals surface area (Å²) in [7, 11) is 2.12. The Morgan fingerprint density at radius 2 is 1.87 bits per heavy atom. The number of hydroxylamine groups is 1. The number of carbonyl (C=O) groups is 1. The molecule has 0 saturated heterocycles. The van der Waals surface area contributed by atoms with Crippen LogP contribution < -0.4 is 10.8 Å². The summed E-state index contributed by atoms with van der Waals surface area (Å²) in [6.07, 6.45) is 15.9. The zero-order chi connectivity index (χ0) is 29.4. The zero-order valence-corrected chi connectivity index (χ0v) is 25.4. The summed E-state index contributed by atoms with van der Waals surface area (Å²) < 4.78 is 13.0. The molecule has 4 N–H and O–H groups in total. The van der Waals surface area contributed by atoms with Gasteiger partial charge in [-0.2, -0.15) is 5.12 Å². The van der Waals surface area contributed by atoms with Gasteiger partial charge in [0.15, 0.2) is 0 Å². The molecule has 1 unspecified atom stereocenters. The summed E-state index contributed by atoms with van der Waals surface area (Å²) in [6.45, 7) is 10.3. The standard InChI is InChI=1S/C15H21FN2O.C15H28N2O.CH4O/c1-4-10-9-11-7-6-8-13(11)14(12(10)5-2)17-15(19)18(3)16;1-4-14(10-6-9-13-7-5-8-13)16-11-15(17-18)12(2)3;1-2/h9H,4-8H2,1-3H3,(H,17,19);11,13-14,17-18H,4-10H2,1-3H3;2H,1H3. The first-order chi connectivity index (χ1) is 18.7. The van der Waals surface area contributed by atoms with Crippen molar-refractivity contribution >= 4 is 17.9 Å². The Morgan fingerprint density at radius 1 is 1.18 bits per heavy atom. The molecular weight excluding hydrogens is 495 g/mol. The number of amides is 2. The highest BCUT2D eigenvalue weighted by Gasteiger charge is 2.22. The molecule has 7 nitrogen and oxygen atoms in total. The molecule has 2 aliphatic rings. The average Bonchev–Trinajstić information content (AvgIpc) is 3.38. The van der Waals surface area contributed by atoms with Crippen LogP contribution in [0.15, 0.2) is 22.3 Å². The van der Waals surface area contributed by atoms with E-state index in [4.69, 9.17) is 10.3 Å². The van der Waals surface area contributed by atoms with Crippen LogP contribution in [0.1, 0.15) is 108 Å². The van der Waals surface area contributed by atoms with E-state index in [9.17, 15) is 9.28 Å². The van der Waals surface area contributed by atoms with Gasteiger partial charge in [-0.25, -0.2) is 4.79 Å². The maximum Gasteiger partial charge on any atom is 0.349 e. The Labute approximate surface area is 235 Å². The molecule has 222 valence electrons. The molecule has 1 aromatic carbocycles. The molecule has 1 fully saturated rings. The van der Waals surface area contributed by atoms with Crippen molar-refractivity contribution in [2.24, 2.45) is 10.9 Å². The van der Waals surface area contributed by atoms with Gasteiger partial charge in [-0.1, -0.05) is 63.4 Å². The van der Waals surface area contributed by atoms with E-state index in [1.165, 1.54) is 55.2 Å². The fourth-order valence-corrected chi connectivity index (χ4v) is 5.16. The lowest BCUT2D eigenvalue weighted by Gasteiger charge is -2.25. The minimum absolute atomic E-state index is 0.0966. The Hall–Kier alpha value is -2.45. The first kappa shape index (κ1) is 34.6. The van der Waals surface area contributed by atoms with Crippen LogP contribution >= 0.6 is 0 Å². The van der Waals surface area contributed by atoms with E-state index in [0.717, 1.165) is 75.4 Å². The number of aliphatic imine (C=N–C) groups is 1. The highest BCUT2D eigenvalue weighted by Crippen LogP contribution is 2.35. The molecule has 1 atom stereocenters. The number of nitrogens with one attached hydrogen (secondary N) is 2. The van der Waals surface area contributed by atoms with E-state index >= 15 is 0 Å². The van der Waals surface area contributed by atoms with Gasteiger partial charge in [0.2, 0.25) is 0 Å². The van der Waals surface area contributed by atoms with Gasteiger partial charge in [0.05, 0.1) is 5.70 Å². The second-order valence-electron chi connectivity index (χ2n) is 10.6. The number of aliphatic hydroxyl groups is 1. The van der Waals surface area contributed by atoms with Crippen LogP contribution in [0, 0.1) is 5.92 Å². The maximum atomic E-state index is 13.0. The van der Waals surface area contributed by atoms with Crippen molar-refractivity contribution in [1.29, 1.82) is 0 Å². The Morgan fingerprint density at radius 3 is 2.36 bits per heavy atom. The van der Waals surface area contributed by atoms with Crippen LogP contribution in [0.5, 0.6) is 0 Å². The van der Waals surface area contributed by atoms with Crippen molar-refractivity contribution in [3.05, 3.63) is 39.6 Å². The first-order valence-corrected chi connectivity index (χ1v) is 14.7. The Kier molecular flexibility index (Phi) is 16.6. The topological polar surface area (TPSA) is 97.2 Å². The highest BCUT2D eigenvalue weighted by molar-refractivity contribution is 5.91. The van der Waals surface area contributed by atoms with Crippen molar-refractivity contribution in [2.45, 2.75) is 118 Å². The third-order valence-corrected chi connectivity index (χ3v) is 7.77. The second-order valence-corrected chi connectivity index (χ2v) is 10.6. The number of halogens is 1. The molecule has 0 spiro atoms.